The zero-order chi connectivity index (χ0) is 21.7. The predicted molar refractivity (Wildman–Crippen MR) is 106 cm³/mol. The van der Waals surface area contributed by atoms with Gasteiger partial charge in [0.05, 0.1) is 19.3 Å². The maximum Gasteiger partial charge on any atom is 0.366 e. The Morgan fingerprint density at radius 2 is 2.00 bits per heavy atom. The molecule has 0 aliphatic carbocycles. The van der Waals surface area contributed by atoms with Gasteiger partial charge in [0.2, 0.25) is 0 Å². The van der Waals surface area contributed by atoms with Gasteiger partial charge in [-0.1, -0.05) is 6.92 Å². The number of nitro groups is 1. The summed E-state index contributed by atoms with van der Waals surface area (Å²) < 4.78 is 15.9. The number of hydrogen-bond acceptors (Lipinski definition) is 8. The maximum atomic E-state index is 12.7. The molecule has 2 aromatic rings. The van der Waals surface area contributed by atoms with Crippen LogP contribution in [-0.2, 0) is 9.53 Å². The van der Waals surface area contributed by atoms with Crippen LogP contribution < -0.4 is 14.4 Å². The third-order valence-electron chi connectivity index (χ3n) is 4.52. The van der Waals surface area contributed by atoms with Crippen LogP contribution in [0, 0.1) is 10.1 Å². The molecule has 0 bridgehead atoms. The summed E-state index contributed by atoms with van der Waals surface area (Å²) in [6, 6.07) is 9.21. The first-order chi connectivity index (χ1) is 14.4. The van der Waals surface area contributed by atoms with Crippen molar-refractivity contribution in [3.05, 3.63) is 52.1 Å². The minimum Gasteiger partial charge on any atom is -0.494 e. The number of esters is 1. The molecule has 1 aromatic carbocycles. The van der Waals surface area contributed by atoms with E-state index in [9.17, 15) is 19.7 Å². The fourth-order valence-corrected chi connectivity index (χ4v) is 2.99. The Balaban J connectivity index is 1.65. The minimum absolute atomic E-state index is 0.140. The summed E-state index contributed by atoms with van der Waals surface area (Å²) in [5.41, 5.74) is 0.415. The number of amides is 1. The molecule has 0 radical (unpaired) electrons. The molecule has 10 nitrogen and oxygen atoms in total. The number of ether oxygens (including phenoxy) is 3. The Bertz CT molecular complexity index is 946. The quantitative estimate of drug-likeness (QED) is 0.279. The highest BCUT2D eigenvalue weighted by Crippen LogP contribution is 2.34. The molecular formula is C20H21N3O7. The molecule has 158 valence electrons. The van der Waals surface area contributed by atoms with Crippen molar-refractivity contribution in [2.45, 2.75) is 25.9 Å². The number of hydrogen-bond donors (Lipinski definition) is 0. The lowest BCUT2D eigenvalue weighted by atomic mass is 10.2. The van der Waals surface area contributed by atoms with Crippen LogP contribution in [0.25, 0.3) is 0 Å². The fourth-order valence-electron chi connectivity index (χ4n) is 2.99. The van der Waals surface area contributed by atoms with E-state index in [2.05, 4.69) is 9.72 Å². The number of carbonyl (C=O) groups is 2. The first-order valence-electron chi connectivity index (χ1n) is 9.39. The average molecular weight is 415 g/mol. The van der Waals surface area contributed by atoms with Gasteiger partial charge in [-0.15, -0.1) is 0 Å². The molecule has 0 saturated carbocycles. The number of carbonyl (C=O) groups excluding carboxylic acids is 2. The van der Waals surface area contributed by atoms with Gasteiger partial charge in [-0.2, -0.15) is 0 Å². The second-order valence-electron chi connectivity index (χ2n) is 6.47. The summed E-state index contributed by atoms with van der Waals surface area (Å²) in [4.78, 5) is 40.0. The summed E-state index contributed by atoms with van der Waals surface area (Å²) in [5.74, 6) is -0.0326. The molecule has 3 rings (SSSR count). The average Bonchev–Trinajstić information content (AvgIpc) is 2.77. The van der Waals surface area contributed by atoms with Crippen LogP contribution >= 0.6 is 0 Å². The van der Waals surface area contributed by atoms with E-state index in [1.807, 2.05) is 6.92 Å². The van der Waals surface area contributed by atoms with Crippen LogP contribution in [0.2, 0.25) is 0 Å². The summed E-state index contributed by atoms with van der Waals surface area (Å²) in [5, 5.41) is 11.0. The van der Waals surface area contributed by atoms with E-state index < -0.39 is 17.0 Å². The lowest BCUT2D eigenvalue weighted by molar-refractivity contribution is -0.389. The van der Waals surface area contributed by atoms with Crippen LogP contribution in [0.15, 0.2) is 36.4 Å². The molecule has 0 saturated heterocycles. The van der Waals surface area contributed by atoms with Gasteiger partial charge in [0, 0.05) is 12.6 Å². The van der Waals surface area contributed by atoms with Crippen molar-refractivity contribution in [3.8, 4) is 11.5 Å². The fraction of sp³-hybridized carbons (Fsp3) is 0.350. The Hall–Kier alpha value is -3.69. The Kier molecular flexibility index (Phi) is 6.45. The molecule has 0 N–H and O–H groups in total. The highest BCUT2D eigenvalue weighted by molar-refractivity contribution is 5.99. The molecular weight excluding hydrogens is 394 g/mol. The molecule has 1 aliphatic rings. The highest BCUT2D eigenvalue weighted by atomic mass is 16.6. The number of nitrogens with zero attached hydrogens (tertiary/aromatic N) is 3. The molecule has 1 unspecified atom stereocenters. The van der Waals surface area contributed by atoms with Crippen molar-refractivity contribution in [2.24, 2.45) is 0 Å². The second-order valence-corrected chi connectivity index (χ2v) is 6.47. The summed E-state index contributed by atoms with van der Waals surface area (Å²) in [7, 11) is 1.31. The van der Waals surface area contributed by atoms with Crippen LogP contribution in [0.5, 0.6) is 11.5 Å². The number of pyridine rings is 1. The Morgan fingerprint density at radius 1 is 1.27 bits per heavy atom. The van der Waals surface area contributed by atoms with Crippen LogP contribution in [-0.4, -0.2) is 48.1 Å². The lowest BCUT2D eigenvalue weighted by Gasteiger charge is -2.30. The van der Waals surface area contributed by atoms with E-state index in [4.69, 9.17) is 9.47 Å². The van der Waals surface area contributed by atoms with Gasteiger partial charge >= 0.3 is 11.8 Å². The van der Waals surface area contributed by atoms with Gasteiger partial charge in [0.1, 0.15) is 5.75 Å². The van der Waals surface area contributed by atoms with E-state index in [0.29, 0.717) is 36.5 Å². The minimum atomic E-state index is -0.660. The highest BCUT2D eigenvalue weighted by Gasteiger charge is 2.37. The smallest absolute Gasteiger partial charge is 0.366 e. The molecule has 0 spiro atoms. The van der Waals surface area contributed by atoms with Crippen molar-refractivity contribution in [2.75, 3.05) is 25.2 Å². The zero-order valence-electron chi connectivity index (χ0n) is 16.6. The van der Waals surface area contributed by atoms with E-state index in [1.54, 1.807) is 24.3 Å². The van der Waals surface area contributed by atoms with Crippen molar-refractivity contribution < 1.29 is 28.7 Å². The van der Waals surface area contributed by atoms with Crippen molar-refractivity contribution in [1.82, 2.24) is 4.98 Å². The third kappa shape index (κ3) is 4.48. The van der Waals surface area contributed by atoms with E-state index in [0.717, 1.165) is 0 Å². The topological polar surface area (TPSA) is 121 Å². The molecule has 1 aromatic heterocycles. The Morgan fingerprint density at radius 3 is 2.63 bits per heavy atom. The molecule has 1 atom stereocenters. The van der Waals surface area contributed by atoms with Gasteiger partial charge in [0.25, 0.3) is 11.7 Å². The van der Waals surface area contributed by atoms with E-state index >= 15 is 0 Å². The molecule has 1 amide bonds. The number of fused-ring (bicyclic) bond motifs is 1. The summed E-state index contributed by atoms with van der Waals surface area (Å²) >= 11 is 0. The van der Waals surface area contributed by atoms with Gasteiger partial charge in [-0.05, 0) is 53.1 Å². The second kappa shape index (κ2) is 9.21. The number of anilines is 1. The number of aromatic nitrogens is 1. The Labute approximate surface area is 172 Å². The van der Waals surface area contributed by atoms with Crippen molar-refractivity contribution >= 4 is 23.5 Å². The van der Waals surface area contributed by atoms with Crippen LogP contribution in [0.4, 0.5) is 11.6 Å². The van der Waals surface area contributed by atoms with Gasteiger partial charge in [-0.25, -0.2) is 4.79 Å². The predicted octanol–water partition coefficient (Wildman–Crippen LogP) is 2.75. The number of rotatable bonds is 8. The largest absolute Gasteiger partial charge is 0.494 e. The standard InChI is InChI=1S/C20H21N3O7/c1-3-15-19(24)22(18-16(30-15)9-10-17(21-18)23(26)27)11-4-12-29-14-7-5-13(6-8-14)20(25)28-2/h5-10,15H,3-4,11-12H2,1-2H3. The van der Waals surface area contributed by atoms with E-state index in [-0.39, 0.29) is 24.1 Å². The SMILES string of the molecule is CCC1Oc2ccc([N+](=O)[O-])nc2N(CCCOc2ccc(C(=O)OC)cc2)C1=O. The first kappa shape index (κ1) is 21.0. The van der Waals surface area contributed by atoms with Crippen LogP contribution in [0.1, 0.15) is 30.1 Å². The maximum absolute atomic E-state index is 12.7. The summed E-state index contributed by atoms with van der Waals surface area (Å²) in [6.07, 6.45) is 0.270. The molecule has 10 heteroatoms. The lowest BCUT2D eigenvalue weighted by Crippen LogP contribution is -2.46. The molecule has 2 heterocycles. The molecule has 0 fully saturated rings. The van der Waals surface area contributed by atoms with Gasteiger partial charge < -0.3 is 24.3 Å². The van der Waals surface area contributed by atoms with E-state index in [1.165, 1.54) is 24.1 Å². The number of methoxy groups -OCH3 is 1. The number of benzene rings is 1. The summed E-state index contributed by atoms with van der Waals surface area (Å²) in [6.45, 7) is 2.38. The first-order valence-corrected chi connectivity index (χ1v) is 9.39. The third-order valence-corrected chi connectivity index (χ3v) is 4.52. The van der Waals surface area contributed by atoms with Crippen molar-refractivity contribution in [1.29, 1.82) is 0 Å². The molecule has 1 aliphatic heterocycles. The molecule has 30 heavy (non-hydrogen) atoms. The van der Waals surface area contributed by atoms with Crippen molar-refractivity contribution in [3.63, 3.8) is 0 Å². The van der Waals surface area contributed by atoms with Crippen LogP contribution in [0.3, 0.4) is 0 Å². The zero-order valence-corrected chi connectivity index (χ0v) is 16.6. The normalized spacial score (nSPS) is 15.2. The monoisotopic (exact) mass is 415 g/mol. The van der Waals surface area contributed by atoms with Gasteiger partial charge in [0.15, 0.2) is 11.9 Å². The van der Waals surface area contributed by atoms with Gasteiger partial charge in [-0.3, -0.25) is 9.69 Å².